The number of hydrogen-bond acceptors (Lipinski definition) is 12. The van der Waals surface area contributed by atoms with Gasteiger partial charge < -0.3 is 59.4 Å². The van der Waals surface area contributed by atoms with E-state index in [9.17, 15) is 15.3 Å². The summed E-state index contributed by atoms with van der Waals surface area (Å²) in [5, 5.41) is 33.4. The highest BCUT2D eigenvalue weighted by atomic mass is 31.2. The van der Waals surface area contributed by atoms with Crippen molar-refractivity contribution in [3.63, 3.8) is 0 Å². The van der Waals surface area contributed by atoms with Gasteiger partial charge in [-0.3, -0.25) is 0 Å². The maximum Gasteiger partial charge on any atom is 0.324 e. The Bertz CT molecular complexity index is 1300. The Morgan fingerprint density at radius 3 is 1.14 bits per heavy atom. The molecule has 1 aliphatic rings. The fourth-order valence-electron chi connectivity index (χ4n) is 6.13. The first-order chi connectivity index (χ1) is 21.9. The van der Waals surface area contributed by atoms with Crippen LogP contribution in [0, 0.1) is 0 Å². The molecule has 2 aromatic carbocycles. The molecule has 2 aromatic rings. The van der Waals surface area contributed by atoms with Crippen molar-refractivity contribution in [1.29, 1.82) is 0 Å². The van der Waals surface area contributed by atoms with E-state index in [0.717, 1.165) is 22.3 Å². The number of hydrogen-bond donors (Lipinski definition) is 12. The molecule has 12 N–H and O–H groups in total. The zero-order valence-electron chi connectivity index (χ0n) is 30.9. The van der Waals surface area contributed by atoms with Crippen molar-refractivity contribution >= 4 is 25.8 Å². The summed E-state index contributed by atoms with van der Waals surface area (Å²) >= 11 is 0. The van der Waals surface area contributed by atoms with Gasteiger partial charge >= 0.3 is 25.8 Å². The smallest absolute Gasteiger partial charge is 0.324 e. The summed E-state index contributed by atoms with van der Waals surface area (Å²) < 4.78 is 0. The number of rotatable bonds is 3. The van der Waals surface area contributed by atoms with Gasteiger partial charge in [-0.25, -0.2) is 0 Å². The summed E-state index contributed by atoms with van der Waals surface area (Å²) in [6, 6.07) is 9.22. The summed E-state index contributed by atoms with van der Waals surface area (Å²) in [6.45, 7) is 26.1. The molecular weight excluding hydrogens is 693 g/mol. The Kier molecular flexibility index (Phi) is 18.5. The lowest BCUT2D eigenvalue weighted by Crippen LogP contribution is -2.45. The van der Waals surface area contributed by atoms with Gasteiger partial charge in [0, 0.05) is 5.92 Å². The Balaban J connectivity index is 0.00000166. The standard InChI is InChI=1S/C34H52O3.3H3O3P/c1-30(2,3)23-14-21-13-22-15-24(31(4,5)6)17-26(33(10,11)12)29(22)34(19-36,20-37)27(18-35)28(21)25(16-23)32(7,8)9;3*1-4(2)3/h14-17,27,35-37H,13,18-20H2,1-12H3;3*1-3H. The predicted molar refractivity (Wildman–Crippen MR) is 197 cm³/mol. The molecule has 0 fully saturated rings. The third-order valence-electron chi connectivity index (χ3n) is 8.47. The number of benzene rings is 2. The summed E-state index contributed by atoms with van der Waals surface area (Å²) in [6.07, 6.45) is 0.711. The fourth-order valence-corrected chi connectivity index (χ4v) is 6.13. The van der Waals surface area contributed by atoms with E-state index < -0.39 is 37.1 Å². The van der Waals surface area contributed by atoms with Gasteiger partial charge in [-0.1, -0.05) is 107 Å². The molecule has 0 amide bonds. The molecule has 0 saturated carbocycles. The lowest BCUT2D eigenvalue weighted by atomic mass is 9.62. The minimum Gasteiger partial charge on any atom is -0.396 e. The summed E-state index contributed by atoms with van der Waals surface area (Å²) in [7, 11) is -7.86. The lowest BCUT2D eigenvalue weighted by molar-refractivity contribution is 0.0702. The van der Waals surface area contributed by atoms with Gasteiger partial charge in [0.15, 0.2) is 0 Å². The molecular formula is C34H61O12P3. The molecule has 0 aliphatic heterocycles. The molecule has 0 radical (unpaired) electrons. The van der Waals surface area contributed by atoms with Crippen LogP contribution in [-0.2, 0) is 33.5 Å². The van der Waals surface area contributed by atoms with Crippen LogP contribution in [0.1, 0.15) is 134 Å². The molecule has 284 valence electrons. The first-order valence-electron chi connectivity index (χ1n) is 15.7. The van der Waals surface area contributed by atoms with E-state index in [4.69, 9.17) is 44.0 Å². The molecule has 1 aliphatic carbocycles. The van der Waals surface area contributed by atoms with Gasteiger partial charge in [-0.15, -0.1) is 0 Å². The molecule has 1 unspecified atom stereocenters. The molecule has 0 spiro atoms. The quantitative estimate of drug-likeness (QED) is 0.196. The molecule has 0 bridgehead atoms. The van der Waals surface area contributed by atoms with Crippen molar-refractivity contribution in [1.82, 2.24) is 0 Å². The number of aliphatic hydroxyl groups is 3. The summed E-state index contributed by atoms with van der Waals surface area (Å²) in [5.74, 6) is -0.427. The largest absolute Gasteiger partial charge is 0.396 e. The second-order valence-electron chi connectivity index (χ2n) is 16.3. The van der Waals surface area contributed by atoms with E-state index in [2.05, 4.69) is 107 Å². The van der Waals surface area contributed by atoms with Gasteiger partial charge in [0.1, 0.15) is 0 Å². The van der Waals surface area contributed by atoms with Crippen LogP contribution in [0.2, 0.25) is 0 Å². The molecule has 1 atom stereocenters. The molecule has 12 nitrogen and oxygen atoms in total. The SMILES string of the molecule is CC(C)(C)c1cc2c(c(C(C)(C)C)c1)C(CO)C(CO)(CO)c1c(cc(C(C)(C)C)cc1C(C)(C)C)C2.OP(O)O.OP(O)O.OP(O)O. The van der Waals surface area contributed by atoms with Crippen LogP contribution in [0.15, 0.2) is 24.3 Å². The van der Waals surface area contributed by atoms with Crippen LogP contribution < -0.4 is 0 Å². The molecule has 0 aromatic heterocycles. The average Bonchev–Trinajstić information content (AvgIpc) is 3.00. The van der Waals surface area contributed by atoms with Crippen LogP contribution in [-0.4, -0.2) is 79.2 Å². The van der Waals surface area contributed by atoms with Gasteiger partial charge in [0.25, 0.3) is 0 Å². The first-order valence-corrected chi connectivity index (χ1v) is 19.3. The highest BCUT2D eigenvalue weighted by Crippen LogP contribution is 2.52. The van der Waals surface area contributed by atoms with Crippen LogP contribution in [0.3, 0.4) is 0 Å². The molecule has 49 heavy (non-hydrogen) atoms. The van der Waals surface area contributed by atoms with E-state index in [0.29, 0.717) is 6.42 Å². The van der Waals surface area contributed by atoms with Gasteiger partial charge in [0.2, 0.25) is 0 Å². The zero-order valence-corrected chi connectivity index (χ0v) is 33.6. The van der Waals surface area contributed by atoms with Crippen molar-refractivity contribution in [2.24, 2.45) is 0 Å². The monoisotopic (exact) mass is 754 g/mol. The Hall–Kier alpha value is -0.750. The normalized spacial score (nSPS) is 16.0. The highest BCUT2D eigenvalue weighted by molar-refractivity contribution is 7.38. The van der Waals surface area contributed by atoms with Crippen molar-refractivity contribution in [2.45, 2.75) is 122 Å². The minimum absolute atomic E-state index is 0.0340. The zero-order chi connectivity index (χ0) is 39.1. The van der Waals surface area contributed by atoms with E-state index >= 15 is 0 Å². The van der Waals surface area contributed by atoms with E-state index in [1.807, 2.05) is 0 Å². The predicted octanol–water partition coefficient (Wildman–Crippen LogP) is 4.35. The maximum absolute atomic E-state index is 11.2. The van der Waals surface area contributed by atoms with Gasteiger partial charge in [-0.2, -0.15) is 0 Å². The Morgan fingerprint density at radius 1 is 0.531 bits per heavy atom. The summed E-state index contributed by atoms with van der Waals surface area (Å²) in [5.41, 5.74) is 7.89. The minimum atomic E-state index is -2.62. The van der Waals surface area contributed by atoms with Crippen LogP contribution in [0.25, 0.3) is 0 Å². The Labute approximate surface area is 295 Å². The maximum atomic E-state index is 11.2. The van der Waals surface area contributed by atoms with Crippen molar-refractivity contribution in [3.8, 4) is 0 Å². The van der Waals surface area contributed by atoms with E-state index in [1.165, 1.54) is 22.3 Å². The second-order valence-corrected chi connectivity index (χ2v) is 18.0. The van der Waals surface area contributed by atoms with Gasteiger partial charge in [0.05, 0.1) is 25.2 Å². The topological polar surface area (TPSA) is 243 Å². The third-order valence-corrected chi connectivity index (χ3v) is 8.47. The number of fused-ring (bicyclic) bond motifs is 2. The van der Waals surface area contributed by atoms with E-state index in [-0.39, 0.29) is 41.5 Å². The van der Waals surface area contributed by atoms with Crippen LogP contribution in [0.5, 0.6) is 0 Å². The van der Waals surface area contributed by atoms with Crippen molar-refractivity contribution < 1.29 is 59.4 Å². The second kappa shape index (κ2) is 18.8. The molecule has 3 rings (SSSR count). The molecule has 15 heteroatoms. The third kappa shape index (κ3) is 14.0. The Morgan fingerprint density at radius 2 is 0.857 bits per heavy atom. The summed E-state index contributed by atoms with van der Waals surface area (Å²) in [4.78, 5) is 65.1. The van der Waals surface area contributed by atoms with Gasteiger partial charge in [-0.05, 0) is 72.6 Å². The first kappa shape index (κ1) is 48.2. The number of aliphatic hydroxyl groups excluding tert-OH is 3. The lowest BCUT2D eigenvalue weighted by Gasteiger charge is -2.43. The average molecular weight is 755 g/mol. The van der Waals surface area contributed by atoms with Crippen molar-refractivity contribution in [3.05, 3.63) is 68.8 Å². The van der Waals surface area contributed by atoms with E-state index in [1.54, 1.807) is 0 Å². The van der Waals surface area contributed by atoms with Crippen LogP contribution in [0.4, 0.5) is 0 Å². The fraction of sp³-hybridized carbons (Fsp3) is 0.647. The highest BCUT2D eigenvalue weighted by Gasteiger charge is 2.48. The van der Waals surface area contributed by atoms with Crippen LogP contribution >= 0.6 is 25.8 Å². The molecule has 0 heterocycles. The molecule has 0 saturated heterocycles. The van der Waals surface area contributed by atoms with Crippen molar-refractivity contribution in [2.75, 3.05) is 19.8 Å².